The minimum Gasteiger partial charge on any atom is -0.482 e. The molecule has 162 valence electrons. The highest BCUT2D eigenvalue weighted by Gasteiger charge is 2.17. The first-order chi connectivity index (χ1) is 14.6. The molecule has 0 spiro atoms. The minimum absolute atomic E-state index is 0.00902. The molecule has 0 aliphatic rings. The zero-order valence-electron chi connectivity index (χ0n) is 17.4. The number of ether oxygens (including phenoxy) is 1. The molecule has 1 amide bonds. The second-order valence-electron chi connectivity index (χ2n) is 7.22. The van der Waals surface area contributed by atoms with Crippen LogP contribution in [0.4, 0.5) is 11.4 Å². The van der Waals surface area contributed by atoms with Crippen LogP contribution in [-0.4, -0.2) is 20.9 Å². The van der Waals surface area contributed by atoms with Gasteiger partial charge in [-0.2, -0.15) is 0 Å². The molecule has 3 rings (SSSR count). The molecule has 2 N–H and O–H groups in total. The van der Waals surface area contributed by atoms with Gasteiger partial charge in [0.05, 0.1) is 9.92 Å². The van der Waals surface area contributed by atoms with Gasteiger partial charge in [0, 0.05) is 11.4 Å². The summed E-state index contributed by atoms with van der Waals surface area (Å²) in [5.41, 5.74) is 4.15. The molecule has 0 unspecified atom stereocenters. The van der Waals surface area contributed by atoms with Gasteiger partial charge in [-0.1, -0.05) is 41.4 Å². The number of aryl methyl sites for hydroxylation is 3. The van der Waals surface area contributed by atoms with Gasteiger partial charge in [-0.25, -0.2) is 8.42 Å². The van der Waals surface area contributed by atoms with Crippen molar-refractivity contribution < 1.29 is 17.9 Å². The highest BCUT2D eigenvalue weighted by molar-refractivity contribution is 7.92. The molecule has 6 nitrogen and oxygen atoms in total. The Hall–Kier alpha value is -3.03. The second kappa shape index (κ2) is 9.41. The lowest BCUT2D eigenvalue weighted by Crippen LogP contribution is -2.21. The topological polar surface area (TPSA) is 84.5 Å². The molecule has 0 saturated heterocycles. The Kier molecular flexibility index (Phi) is 6.87. The summed E-state index contributed by atoms with van der Waals surface area (Å²) in [4.78, 5) is 12.2. The molecule has 0 saturated carbocycles. The molecule has 8 heteroatoms. The number of carbonyl (C=O) groups excluding carboxylic acids is 1. The molecular weight excluding hydrogens is 436 g/mol. The molecular formula is C23H23ClN2O4S. The smallest absolute Gasteiger partial charge is 0.262 e. The number of amides is 1. The van der Waals surface area contributed by atoms with E-state index < -0.39 is 10.0 Å². The van der Waals surface area contributed by atoms with E-state index in [9.17, 15) is 13.2 Å². The molecule has 0 radical (unpaired) electrons. The zero-order valence-corrected chi connectivity index (χ0v) is 19.0. The van der Waals surface area contributed by atoms with Crippen molar-refractivity contribution in [3.8, 4) is 5.75 Å². The van der Waals surface area contributed by atoms with Crippen molar-refractivity contribution in [3.63, 3.8) is 0 Å². The van der Waals surface area contributed by atoms with Crippen molar-refractivity contribution in [1.29, 1.82) is 0 Å². The Morgan fingerprint density at radius 1 is 0.935 bits per heavy atom. The summed E-state index contributed by atoms with van der Waals surface area (Å²) in [7, 11) is -3.82. The number of hydrogen-bond donors (Lipinski definition) is 2. The fraction of sp³-hybridized carbons (Fsp3) is 0.174. The third-order valence-electron chi connectivity index (χ3n) is 4.54. The fourth-order valence-electron chi connectivity index (χ4n) is 2.80. The van der Waals surface area contributed by atoms with Gasteiger partial charge in [0.2, 0.25) is 0 Å². The van der Waals surface area contributed by atoms with Gasteiger partial charge in [-0.05, 0) is 68.3 Å². The maximum atomic E-state index is 12.6. The minimum atomic E-state index is -3.82. The molecule has 0 atom stereocenters. The lowest BCUT2D eigenvalue weighted by atomic mass is 10.1. The van der Waals surface area contributed by atoms with Crippen molar-refractivity contribution in [2.24, 2.45) is 0 Å². The van der Waals surface area contributed by atoms with E-state index in [1.807, 2.05) is 51.1 Å². The van der Waals surface area contributed by atoms with E-state index in [2.05, 4.69) is 10.0 Å². The molecule has 0 fully saturated rings. The van der Waals surface area contributed by atoms with E-state index in [-0.39, 0.29) is 28.2 Å². The number of carbonyl (C=O) groups is 1. The highest BCUT2D eigenvalue weighted by Crippen LogP contribution is 2.28. The van der Waals surface area contributed by atoms with E-state index in [4.69, 9.17) is 16.3 Å². The fourth-order valence-corrected chi connectivity index (χ4v) is 4.19. The first kappa shape index (κ1) is 22.7. The summed E-state index contributed by atoms with van der Waals surface area (Å²) in [6.45, 7) is 5.49. The molecule has 3 aromatic rings. The molecule has 3 aromatic carbocycles. The van der Waals surface area contributed by atoms with Crippen LogP contribution < -0.4 is 14.8 Å². The normalized spacial score (nSPS) is 11.1. The highest BCUT2D eigenvalue weighted by atomic mass is 35.5. The summed E-state index contributed by atoms with van der Waals surface area (Å²) in [5, 5.41) is 2.88. The van der Waals surface area contributed by atoms with Gasteiger partial charge >= 0.3 is 0 Å². The van der Waals surface area contributed by atoms with E-state index in [0.717, 1.165) is 16.7 Å². The third-order valence-corrected chi connectivity index (χ3v) is 6.22. The van der Waals surface area contributed by atoms with E-state index in [1.54, 1.807) is 12.1 Å². The number of benzene rings is 3. The van der Waals surface area contributed by atoms with Crippen molar-refractivity contribution in [1.82, 2.24) is 0 Å². The van der Waals surface area contributed by atoms with E-state index in [1.165, 1.54) is 18.2 Å². The Bertz CT molecular complexity index is 1210. The first-order valence-electron chi connectivity index (χ1n) is 9.53. The summed E-state index contributed by atoms with van der Waals surface area (Å²) in [5.74, 6) is -0.130. The Labute approximate surface area is 187 Å². The van der Waals surface area contributed by atoms with Crippen LogP contribution in [-0.2, 0) is 14.8 Å². The number of anilines is 2. The quantitative estimate of drug-likeness (QED) is 0.516. The van der Waals surface area contributed by atoms with Crippen molar-refractivity contribution >= 4 is 38.9 Å². The average molecular weight is 459 g/mol. The molecule has 31 heavy (non-hydrogen) atoms. The second-order valence-corrected chi connectivity index (χ2v) is 9.31. The van der Waals surface area contributed by atoms with Crippen molar-refractivity contribution in [2.75, 3.05) is 16.6 Å². The summed E-state index contributed by atoms with van der Waals surface area (Å²) in [6, 6.07) is 16.8. The van der Waals surface area contributed by atoms with Crippen LogP contribution in [0.1, 0.15) is 16.7 Å². The maximum Gasteiger partial charge on any atom is 0.262 e. The van der Waals surface area contributed by atoms with Crippen LogP contribution in [0.3, 0.4) is 0 Å². The van der Waals surface area contributed by atoms with Gasteiger partial charge in [-0.15, -0.1) is 0 Å². The molecule has 0 heterocycles. The lowest BCUT2D eigenvalue weighted by Gasteiger charge is -2.12. The third kappa shape index (κ3) is 5.99. The number of rotatable bonds is 7. The predicted octanol–water partition coefficient (Wildman–Crippen LogP) is 5.08. The largest absolute Gasteiger partial charge is 0.482 e. The molecule has 0 aliphatic carbocycles. The maximum absolute atomic E-state index is 12.6. The average Bonchev–Trinajstić information content (AvgIpc) is 2.71. The number of nitrogens with one attached hydrogen (secondary N) is 2. The van der Waals surface area contributed by atoms with Crippen molar-refractivity contribution in [2.45, 2.75) is 25.7 Å². The van der Waals surface area contributed by atoms with Gasteiger partial charge < -0.3 is 10.1 Å². The van der Waals surface area contributed by atoms with Crippen LogP contribution in [0.25, 0.3) is 0 Å². The lowest BCUT2D eigenvalue weighted by molar-refractivity contribution is -0.118. The number of halogens is 1. The van der Waals surface area contributed by atoms with E-state index >= 15 is 0 Å². The summed E-state index contributed by atoms with van der Waals surface area (Å²) in [6.07, 6.45) is 0. The van der Waals surface area contributed by atoms with Crippen LogP contribution in [0.15, 0.2) is 65.6 Å². The SMILES string of the molecule is Cc1ccc(NS(=O)(=O)c2ccc(OCC(=O)Nc3cc(C)ccc3C)c(Cl)c2)cc1. The summed E-state index contributed by atoms with van der Waals surface area (Å²) >= 11 is 6.20. The van der Waals surface area contributed by atoms with Crippen LogP contribution in [0.2, 0.25) is 5.02 Å². The number of hydrogen-bond acceptors (Lipinski definition) is 4. The van der Waals surface area contributed by atoms with Gasteiger partial charge in [0.25, 0.3) is 15.9 Å². The standard InChI is InChI=1S/C23H23ClN2O4S/c1-15-5-8-18(9-6-15)26-31(28,29)19-10-11-22(20(24)13-19)30-14-23(27)25-21-12-16(2)4-7-17(21)3/h4-13,26H,14H2,1-3H3,(H,25,27). The van der Waals surface area contributed by atoms with Crippen LogP contribution in [0, 0.1) is 20.8 Å². The summed E-state index contributed by atoms with van der Waals surface area (Å²) < 4.78 is 33.2. The predicted molar refractivity (Wildman–Crippen MR) is 123 cm³/mol. The molecule has 0 aromatic heterocycles. The van der Waals surface area contributed by atoms with Crippen LogP contribution >= 0.6 is 11.6 Å². The first-order valence-corrected chi connectivity index (χ1v) is 11.4. The van der Waals surface area contributed by atoms with Crippen LogP contribution in [0.5, 0.6) is 5.75 Å². The molecule has 0 bridgehead atoms. The Morgan fingerprint density at radius 2 is 1.61 bits per heavy atom. The Balaban J connectivity index is 1.65. The van der Waals surface area contributed by atoms with Gasteiger partial charge in [-0.3, -0.25) is 9.52 Å². The number of sulfonamides is 1. The van der Waals surface area contributed by atoms with Gasteiger partial charge in [0.15, 0.2) is 6.61 Å². The monoisotopic (exact) mass is 458 g/mol. The van der Waals surface area contributed by atoms with Gasteiger partial charge in [0.1, 0.15) is 5.75 Å². The van der Waals surface area contributed by atoms with Crippen molar-refractivity contribution in [3.05, 3.63) is 82.4 Å². The Morgan fingerprint density at radius 3 is 2.29 bits per heavy atom. The van der Waals surface area contributed by atoms with E-state index in [0.29, 0.717) is 11.4 Å². The molecule has 0 aliphatic heterocycles. The zero-order chi connectivity index (χ0) is 22.6.